The molecule has 0 radical (unpaired) electrons. The number of carboxylic acids is 1. The summed E-state index contributed by atoms with van der Waals surface area (Å²) >= 11 is 0. The van der Waals surface area contributed by atoms with Crippen LogP contribution in [0.3, 0.4) is 0 Å². The molecule has 20 heavy (non-hydrogen) atoms. The summed E-state index contributed by atoms with van der Waals surface area (Å²) in [6.07, 6.45) is 1.37. The van der Waals surface area contributed by atoms with Gasteiger partial charge in [-0.05, 0) is 25.0 Å². The van der Waals surface area contributed by atoms with Gasteiger partial charge in [0, 0.05) is 6.04 Å². The first-order chi connectivity index (χ1) is 9.51. The van der Waals surface area contributed by atoms with E-state index in [-0.39, 0.29) is 17.1 Å². The van der Waals surface area contributed by atoms with Gasteiger partial charge in [-0.2, -0.15) is 0 Å². The topological polar surface area (TPSA) is 92.2 Å². The molecule has 106 valence electrons. The van der Waals surface area contributed by atoms with E-state index in [1.165, 1.54) is 10.6 Å². The number of aromatic nitrogens is 2. The van der Waals surface area contributed by atoms with Crippen molar-refractivity contribution < 1.29 is 9.90 Å². The van der Waals surface area contributed by atoms with Crippen molar-refractivity contribution in [2.45, 2.75) is 32.7 Å². The Kier molecular flexibility index (Phi) is 3.74. The quantitative estimate of drug-likeness (QED) is 0.832. The summed E-state index contributed by atoms with van der Waals surface area (Å²) in [6, 6.07) is 4.50. The molecule has 1 aromatic heterocycles. The van der Waals surface area contributed by atoms with Crippen LogP contribution in [-0.2, 0) is 0 Å². The molecule has 0 fully saturated rings. The fraction of sp³-hybridized carbons (Fsp3) is 0.357. The van der Waals surface area contributed by atoms with Crippen molar-refractivity contribution in [3.63, 3.8) is 0 Å². The number of benzene rings is 1. The molecule has 0 unspecified atom stereocenters. The molecule has 2 N–H and O–H groups in total. The van der Waals surface area contributed by atoms with Gasteiger partial charge in [0.2, 0.25) is 0 Å². The molecular formula is C14H16N2O4. The minimum absolute atomic E-state index is 0.0145. The van der Waals surface area contributed by atoms with E-state index in [1.54, 1.807) is 12.1 Å². The second-order valence-electron chi connectivity index (χ2n) is 4.60. The van der Waals surface area contributed by atoms with Crippen LogP contribution in [0.2, 0.25) is 0 Å². The van der Waals surface area contributed by atoms with Crippen molar-refractivity contribution in [2.24, 2.45) is 0 Å². The third-order valence-electron chi connectivity index (χ3n) is 3.49. The normalized spacial score (nSPS) is 11.2. The first kappa shape index (κ1) is 14.0. The Morgan fingerprint density at radius 3 is 2.50 bits per heavy atom. The number of nitrogens with zero attached hydrogens (tertiary/aromatic N) is 1. The fourth-order valence-electron chi connectivity index (χ4n) is 2.45. The first-order valence-electron chi connectivity index (χ1n) is 6.52. The average molecular weight is 276 g/mol. The molecule has 0 bridgehead atoms. The van der Waals surface area contributed by atoms with E-state index in [0.29, 0.717) is 18.4 Å². The second kappa shape index (κ2) is 5.32. The summed E-state index contributed by atoms with van der Waals surface area (Å²) in [5.41, 5.74) is -0.814. The number of carboxylic acid groups (broad SMARTS) is 1. The Hall–Kier alpha value is -2.37. The summed E-state index contributed by atoms with van der Waals surface area (Å²) in [6.45, 7) is 3.85. The van der Waals surface area contributed by atoms with Crippen LogP contribution in [0.15, 0.2) is 27.8 Å². The molecule has 1 aromatic carbocycles. The molecule has 0 saturated carbocycles. The Labute approximate surface area is 114 Å². The lowest BCUT2D eigenvalue weighted by atomic mass is 10.1. The number of hydrogen-bond acceptors (Lipinski definition) is 3. The van der Waals surface area contributed by atoms with Gasteiger partial charge in [0.1, 0.15) is 0 Å². The number of aromatic amines is 1. The smallest absolute Gasteiger partial charge is 0.337 e. The number of nitrogens with one attached hydrogen (secondary N) is 1. The lowest BCUT2D eigenvalue weighted by Gasteiger charge is -2.18. The zero-order valence-corrected chi connectivity index (χ0v) is 11.3. The van der Waals surface area contributed by atoms with Gasteiger partial charge in [-0.1, -0.05) is 19.9 Å². The van der Waals surface area contributed by atoms with Crippen molar-refractivity contribution in [1.82, 2.24) is 9.55 Å². The maximum Gasteiger partial charge on any atom is 0.337 e. The predicted molar refractivity (Wildman–Crippen MR) is 75.4 cm³/mol. The molecule has 0 saturated heterocycles. The van der Waals surface area contributed by atoms with Crippen molar-refractivity contribution >= 4 is 17.0 Å². The highest BCUT2D eigenvalue weighted by molar-refractivity contribution is 6.00. The molecule has 1 heterocycles. The van der Waals surface area contributed by atoms with Crippen LogP contribution >= 0.6 is 0 Å². The highest BCUT2D eigenvalue weighted by Gasteiger charge is 2.17. The SMILES string of the molecule is CCC(CC)n1c(=O)c(=O)[nH]c2c(C(=O)O)cccc21. The lowest BCUT2D eigenvalue weighted by Crippen LogP contribution is -2.38. The summed E-state index contributed by atoms with van der Waals surface area (Å²) in [4.78, 5) is 37.5. The molecule has 2 aromatic rings. The van der Waals surface area contributed by atoms with E-state index in [4.69, 9.17) is 0 Å². The number of aromatic carboxylic acids is 1. The van der Waals surface area contributed by atoms with Crippen LogP contribution in [0, 0.1) is 0 Å². The van der Waals surface area contributed by atoms with E-state index in [9.17, 15) is 19.5 Å². The van der Waals surface area contributed by atoms with Crippen molar-refractivity contribution in [1.29, 1.82) is 0 Å². The number of carbonyl (C=O) groups is 1. The standard InChI is InChI=1S/C14H16N2O4/c1-3-8(4-2)16-10-7-5-6-9(14(19)20)11(10)15-12(17)13(16)18/h5-8H,3-4H2,1-2H3,(H,15,17)(H,19,20). The van der Waals surface area contributed by atoms with Crippen LogP contribution in [-0.4, -0.2) is 20.6 Å². The summed E-state index contributed by atoms with van der Waals surface area (Å²) < 4.78 is 1.40. The van der Waals surface area contributed by atoms with Gasteiger partial charge in [-0.3, -0.25) is 14.2 Å². The number of fused-ring (bicyclic) bond motifs is 1. The zero-order valence-electron chi connectivity index (χ0n) is 11.3. The van der Waals surface area contributed by atoms with E-state index in [0.717, 1.165) is 0 Å². The van der Waals surface area contributed by atoms with Crippen molar-refractivity contribution in [3.8, 4) is 0 Å². The van der Waals surface area contributed by atoms with Gasteiger partial charge < -0.3 is 10.1 Å². The third-order valence-corrected chi connectivity index (χ3v) is 3.49. The van der Waals surface area contributed by atoms with Gasteiger partial charge in [-0.25, -0.2) is 4.79 Å². The van der Waals surface area contributed by atoms with E-state index in [2.05, 4.69) is 4.98 Å². The van der Waals surface area contributed by atoms with Crippen LogP contribution in [0.25, 0.3) is 11.0 Å². The van der Waals surface area contributed by atoms with Crippen molar-refractivity contribution in [3.05, 3.63) is 44.5 Å². The molecule has 0 spiro atoms. The Morgan fingerprint density at radius 1 is 1.30 bits per heavy atom. The molecule has 0 aliphatic rings. The minimum atomic E-state index is -1.14. The minimum Gasteiger partial charge on any atom is -0.478 e. The van der Waals surface area contributed by atoms with E-state index < -0.39 is 17.1 Å². The van der Waals surface area contributed by atoms with Gasteiger partial charge in [0.05, 0.1) is 16.6 Å². The molecule has 0 aliphatic heterocycles. The van der Waals surface area contributed by atoms with Crippen molar-refractivity contribution in [2.75, 3.05) is 0 Å². The Balaban J connectivity index is 2.97. The highest BCUT2D eigenvalue weighted by Crippen LogP contribution is 2.20. The summed E-state index contributed by atoms with van der Waals surface area (Å²) in [7, 11) is 0. The molecular weight excluding hydrogens is 260 g/mol. The Bertz CT molecular complexity index is 769. The largest absolute Gasteiger partial charge is 0.478 e. The molecule has 0 atom stereocenters. The highest BCUT2D eigenvalue weighted by atomic mass is 16.4. The first-order valence-corrected chi connectivity index (χ1v) is 6.52. The third kappa shape index (κ3) is 2.13. The summed E-state index contributed by atoms with van der Waals surface area (Å²) in [5.74, 6) is -1.14. The number of hydrogen-bond donors (Lipinski definition) is 2. The number of H-pyrrole nitrogens is 1. The van der Waals surface area contributed by atoms with Gasteiger partial charge >= 0.3 is 17.1 Å². The molecule has 0 amide bonds. The lowest BCUT2D eigenvalue weighted by molar-refractivity contribution is 0.0698. The molecule has 2 rings (SSSR count). The van der Waals surface area contributed by atoms with Crippen LogP contribution in [0.1, 0.15) is 43.1 Å². The van der Waals surface area contributed by atoms with E-state index in [1.807, 2.05) is 13.8 Å². The van der Waals surface area contributed by atoms with Gasteiger partial charge in [-0.15, -0.1) is 0 Å². The second-order valence-corrected chi connectivity index (χ2v) is 4.60. The zero-order chi connectivity index (χ0) is 14.9. The maximum atomic E-state index is 12.1. The Morgan fingerprint density at radius 2 is 1.95 bits per heavy atom. The number of rotatable bonds is 4. The van der Waals surface area contributed by atoms with Crippen LogP contribution < -0.4 is 11.1 Å². The van der Waals surface area contributed by atoms with Crippen LogP contribution in [0.5, 0.6) is 0 Å². The van der Waals surface area contributed by atoms with E-state index >= 15 is 0 Å². The van der Waals surface area contributed by atoms with Crippen LogP contribution in [0.4, 0.5) is 0 Å². The number of para-hydroxylation sites is 1. The molecule has 6 nitrogen and oxygen atoms in total. The van der Waals surface area contributed by atoms with Gasteiger partial charge in [0.25, 0.3) is 0 Å². The van der Waals surface area contributed by atoms with Gasteiger partial charge in [0.15, 0.2) is 0 Å². The molecule has 6 heteroatoms. The maximum absolute atomic E-state index is 12.1. The monoisotopic (exact) mass is 276 g/mol. The summed E-state index contributed by atoms with van der Waals surface area (Å²) in [5, 5.41) is 9.18. The fourth-order valence-corrected chi connectivity index (χ4v) is 2.45. The average Bonchev–Trinajstić information content (AvgIpc) is 2.43. The molecule has 0 aliphatic carbocycles. The predicted octanol–water partition coefficient (Wildman–Crippen LogP) is 1.75.